The summed E-state index contributed by atoms with van der Waals surface area (Å²) in [6.45, 7) is 0.327. The molecule has 1 saturated heterocycles. The van der Waals surface area contributed by atoms with Crippen molar-refractivity contribution in [3.8, 4) is 0 Å². The lowest BCUT2D eigenvalue weighted by Gasteiger charge is -2.33. The number of nitro groups is 1. The number of carboxylic acid groups (broad SMARTS) is 1. The monoisotopic (exact) mass is 369 g/mol. The third-order valence-electron chi connectivity index (χ3n) is 4.54. The average Bonchev–Trinajstić information content (AvgIpc) is 2.68. The molecule has 3 rings (SSSR count). The molecule has 1 aliphatic heterocycles. The van der Waals surface area contributed by atoms with Crippen LogP contribution in [0.1, 0.15) is 29.6 Å². The molecule has 0 spiro atoms. The minimum Gasteiger partial charge on any atom is -0.480 e. The van der Waals surface area contributed by atoms with Crippen molar-refractivity contribution in [2.24, 2.45) is 0 Å². The molecule has 0 aromatic heterocycles. The third-order valence-corrected chi connectivity index (χ3v) is 4.54. The fourth-order valence-electron chi connectivity index (χ4n) is 3.20. The van der Waals surface area contributed by atoms with Crippen molar-refractivity contribution in [2.45, 2.75) is 25.3 Å². The summed E-state index contributed by atoms with van der Waals surface area (Å²) in [7, 11) is 0. The van der Waals surface area contributed by atoms with Gasteiger partial charge in [0.1, 0.15) is 11.7 Å². The van der Waals surface area contributed by atoms with Crippen LogP contribution in [0.3, 0.4) is 0 Å². The molecule has 2 aromatic carbocycles. The van der Waals surface area contributed by atoms with Gasteiger partial charge < -0.3 is 15.3 Å². The van der Waals surface area contributed by atoms with Crippen LogP contribution in [0, 0.1) is 10.1 Å². The van der Waals surface area contributed by atoms with E-state index in [2.05, 4.69) is 5.32 Å². The molecular formula is C19H19N3O5. The van der Waals surface area contributed by atoms with Crippen LogP contribution in [-0.2, 0) is 4.79 Å². The highest BCUT2D eigenvalue weighted by molar-refractivity contribution is 5.98. The number of carboxylic acids is 1. The Hall–Kier alpha value is -3.42. The molecule has 1 atom stereocenters. The van der Waals surface area contributed by atoms with E-state index in [1.165, 1.54) is 23.1 Å². The Morgan fingerprint density at radius 1 is 1.15 bits per heavy atom. The number of para-hydroxylation sites is 1. The zero-order valence-corrected chi connectivity index (χ0v) is 14.5. The van der Waals surface area contributed by atoms with Crippen LogP contribution in [-0.4, -0.2) is 39.4 Å². The molecule has 2 aromatic rings. The van der Waals surface area contributed by atoms with Crippen LogP contribution in [0.25, 0.3) is 0 Å². The van der Waals surface area contributed by atoms with Crippen molar-refractivity contribution in [1.82, 2.24) is 4.90 Å². The van der Waals surface area contributed by atoms with E-state index in [1.54, 1.807) is 24.3 Å². The standard InChI is InChI=1S/C19H19N3O5/c23-18(21-11-5-4-8-16(21)19(24)25)13-9-10-15(17(12-13)22(26)27)20-14-6-2-1-3-7-14/h1-3,6-7,9-10,12,16,20H,4-5,8,11H2,(H,24,25). The van der Waals surface area contributed by atoms with Gasteiger partial charge in [0, 0.05) is 23.9 Å². The van der Waals surface area contributed by atoms with Gasteiger partial charge in [-0.2, -0.15) is 0 Å². The minimum absolute atomic E-state index is 0.105. The number of carbonyl (C=O) groups excluding carboxylic acids is 1. The number of benzene rings is 2. The molecule has 0 saturated carbocycles. The Labute approximate surface area is 155 Å². The second-order valence-corrected chi connectivity index (χ2v) is 6.33. The van der Waals surface area contributed by atoms with Crippen molar-refractivity contribution in [3.63, 3.8) is 0 Å². The topological polar surface area (TPSA) is 113 Å². The summed E-state index contributed by atoms with van der Waals surface area (Å²) in [5.74, 6) is -1.56. The van der Waals surface area contributed by atoms with Crippen LogP contribution >= 0.6 is 0 Å². The maximum absolute atomic E-state index is 12.8. The van der Waals surface area contributed by atoms with Gasteiger partial charge in [-0.3, -0.25) is 14.9 Å². The lowest BCUT2D eigenvalue weighted by Crippen LogP contribution is -2.48. The fraction of sp³-hybridized carbons (Fsp3) is 0.263. The Balaban J connectivity index is 1.90. The summed E-state index contributed by atoms with van der Waals surface area (Å²) in [5.41, 5.74) is 0.805. The number of likely N-dealkylation sites (tertiary alicyclic amines) is 1. The van der Waals surface area contributed by atoms with E-state index < -0.39 is 22.8 Å². The average molecular weight is 369 g/mol. The van der Waals surface area contributed by atoms with E-state index in [0.717, 1.165) is 6.42 Å². The normalized spacial score (nSPS) is 16.6. The van der Waals surface area contributed by atoms with Gasteiger partial charge in [-0.15, -0.1) is 0 Å². The number of nitrogens with one attached hydrogen (secondary N) is 1. The van der Waals surface area contributed by atoms with Gasteiger partial charge >= 0.3 is 5.97 Å². The number of nitrogens with zero attached hydrogens (tertiary/aromatic N) is 2. The van der Waals surface area contributed by atoms with Gasteiger partial charge in [-0.25, -0.2) is 4.79 Å². The molecule has 1 fully saturated rings. The van der Waals surface area contributed by atoms with Crippen LogP contribution < -0.4 is 5.32 Å². The summed E-state index contributed by atoms with van der Waals surface area (Å²) in [4.78, 5) is 36.4. The summed E-state index contributed by atoms with van der Waals surface area (Å²) in [6, 6.07) is 12.2. The highest BCUT2D eigenvalue weighted by Crippen LogP contribution is 2.30. The molecular weight excluding hydrogens is 350 g/mol. The number of carbonyl (C=O) groups is 2. The largest absolute Gasteiger partial charge is 0.480 e. The van der Waals surface area contributed by atoms with Crippen molar-refractivity contribution in [3.05, 3.63) is 64.2 Å². The van der Waals surface area contributed by atoms with E-state index in [9.17, 15) is 24.8 Å². The van der Waals surface area contributed by atoms with Crippen molar-refractivity contribution in [1.29, 1.82) is 0 Å². The summed E-state index contributed by atoms with van der Waals surface area (Å²) < 4.78 is 0. The quantitative estimate of drug-likeness (QED) is 0.617. The second-order valence-electron chi connectivity index (χ2n) is 6.33. The zero-order valence-electron chi connectivity index (χ0n) is 14.5. The maximum atomic E-state index is 12.8. The molecule has 0 bridgehead atoms. The second kappa shape index (κ2) is 7.86. The van der Waals surface area contributed by atoms with Crippen LogP contribution in [0.4, 0.5) is 17.1 Å². The first-order valence-electron chi connectivity index (χ1n) is 8.61. The Morgan fingerprint density at radius 3 is 2.56 bits per heavy atom. The zero-order chi connectivity index (χ0) is 19.4. The molecule has 1 aliphatic rings. The molecule has 8 nitrogen and oxygen atoms in total. The number of piperidine rings is 1. The number of hydrogen-bond donors (Lipinski definition) is 2. The highest BCUT2D eigenvalue weighted by Gasteiger charge is 2.33. The Morgan fingerprint density at radius 2 is 1.89 bits per heavy atom. The molecule has 0 radical (unpaired) electrons. The van der Waals surface area contributed by atoms with Gasteiger partial charge in [0.2, 0.25) is 0 Å². The highest BCUT2D eigenvalue weighted by atomic mass is 16.6. The number of nitro benzene ring substituents is 1. The lowest BCUT2D eigenvalue weighted by molar-refractivity contribution is -0.383. The summed E-state index contributed by atoms with van der Waals surface area (Å²) >= 11 is 0. The van der Waals surface area contributed by atoms with Crippen LogP contribution in [0.15, 0.2) is 48.5 Å². The van der Waals surface area contributed by atoms with Gasteiger partial charge in [0.05, 0.1) is 4.92 Å². The molecule has 1 unspecified atom stereocenters. The Kier molecular flexibility index (Phi) is 5.35. The molecule has 1 heterocycles. The molecule has 1 amide bonds. The Bertz CT molecular complexity index is 869. The summed E-state index contributed by atoms with van der Waals surface area (Å²) in [6.07, 6.45) is 1.84. The van der Waals surface area contributed by atoms with E-state index in [4.69, 9.17) is 0 Å². The molecule has 27 heavy (non-hydrogen) atoms. The minimum atomic E-state index is -1.06. The van der Waals surface area contributed by atoms with Gasteiger partial charge in [0.15, 0.2) is 0 Å². The number of rotatable bonds is 5. The van der Waals surface area contributed by atoms with E-state index in [-0.39, 0.29) is 16.9 Å². The molecule has 0 aliphatic carbocycles. The smallest absolute Gasteiger partial charge is 0.326 e. The first-order valence-corrected chi connectivity index (χ1v) is 8.61. The molecule has 8 heteroatoms. The van der Waals surface area contributed by atoms with Gasteiger partial charge in [-0.1, -0.05) is 18.2 Å². The van der Waals surface area contributed by atoms with Gasteiger partial charge in [0.25, 0.3) is 11.6 Å². The number of hydrogen-bond acceptors (Lipinski definition) is 5. The number of anilines is 2. The van der Waals surface area contributed by atoms with Gasteiger partial charge in [-0.05, 0) is 43.5 Å². The van der Waals surface area contributed by atoms with Crippen LogP contribution in [0.2, 0.25) is 0 Å². The number of amides is 1. The lowest BCUT2D eigenvalue weighted by atomic mass is 10.0. The van der Waals surface area contributed by atoms with Crippen LogP contribution in [0.5, 0.6) is 0 Å². The first-order chi connectivity index (χ1) is 13.0. The van der Waals surface area contributed by atoms with Crippen molar-refractivity contribution < 1.29 is 19.6 Å². The van der Waals surface area contributed by atoms with Crippen molar-refractivity contribution >= 4 is 28.9 Å². The first kappa shape index (κ1) is 18.4. The SMILES string of the molecule is O=C(O)C1CCCCN1C(=O)c1ccc(Nc2ccccc2)c([N+](=O)[O-])c1. The van der Waals surface area contributed by atoms with E-state index in [0.29, 0.717) is 25.1 Å². The van der Waals surface area contributed by atoms with E-state index in [1.807, 2.05) is 6.07 Å². The van der Waals surface area contributed by atoms with E-state index >= 15 is 0 Å². The third kappa shape index (κ3) is 4.05. The predicted octanol–water partition coefficient (Wildman–Crippen LogP) is 3.42. The summed E-state index contributed by atoms with van der Waals surface area (Å²) in [5, 5.41) is 23.8. The molecule has 140 valence electrons. The fourth-order valence-corrected chi connectivity index (χ4v) is 3.20. The molecule has 2 N–H and O–H groups in total. The predicted molar refractivity (Wildman–Crippen MR) is 99.1 cm³/mol. The maximum Gasteiger partial charge on any atom is 0.326 e. The number of aliphatic carboxylic acids is 1. The van der Waals surface area contributed by atoms with Crippen molar-refractivity contribution in [2.75, 3.05) is 11.9 Å².